The van der Waals surface area contributed by atoms with Crippen molar-refractivity contribution >= 4 is 46.7 Å². The van der Waals surface area contributed by atoms with Gasteiger partial charge in [-0.3, -0.25) is 19.3 Å². The molecule has 0 bridgehead atoms. The number of hydrogen-bond acceptors (Lipinski definition) is 8. The molecule has 2 N–H and O–H groups in total. The summed E-state index contributed by atoms with van der Waals surface area (Å²) in [5.74, 6) is -3.47. The van der Waals surface area contributed by atoms with Gasteiger partial charge in [-0.05, 0) is 11.2 Å². The highest BCUT2D eigenvalue weighted by molar-refractivity contribution is 8.00. The van der Waals surface area contributed by atoms with Gasteiger partial charge in [-0.1, -0.05) is 0 Å². The second-order valence-electron chi connectivity index (χ2n) is 5.58. The van der Waals surface area contributed by atoms with Crippen LogP contribution in [0.15, 0.2) is 11.3 Å². The summed E-state index contributed by atoms with van der Waals surface area (Å²) in [6, 6.07) is 0. The second-order valence-corrected chi connectivity index (χ2v) is 8.09. The Morgan fingerprint density at radius 2 is 2.15 bits per heavy atom. The molecule has 2 amide bonds. The molecule has 2 aliphatic heterocycles. The molecule has 2 heterocycles. The van der Waals surface area contributed by atoms with E-state index in [4.69, 9.17) is 9.47 Å². The van der Waals surface area contributed by atoms with Crippen LogP contribution in [0.25, 0.3) is 0 Å². The third-order valence-electron chi connectivity index (χ3n) is 3.74. The number of methoxy groups -OCH3 is 1. The second kappa shape index (κ2) is 7.86. The van der Waals surface area contributed by atoms with E-state index in [1.807, 2.05) is 0 Å². The van der Waals surface area contributed by atoms with Gasteiger partial charge in [0.25, 0.3) is 17.5 Å². The average Bonchev–Trinajstić information content (AvgIpc) is 2.55. The Morgan fingerprint density at radius 1 is 1.50 bits per heavy atom. The number of fused-ring (bicyclic) bond motifs is 1. The van der Waals surface area contributed by atoms with Crippen molar-refractivity contribution in [2.45, 2.75) is 18.0 Å². The largest absolute Gasteiger partial charge is 0.616 e. The van der Waals surface area contributed by atoms with Crippen molar-refractivity contribution in [1.29, 1.82) is 0 Å². The Morgan fingerprint density at radius 3 is 2.65 bits per heavy atom. The predicted molar refractivity (Wildman–Crippen MR) is 91.2 cm³/mol. The first-order chi connectivity index (χ1) is 12.1. The number of esters is 1. The van der Waals surface area contributed by atoms with E-state index < -0.39 is 46.0 Å². The number of carboxylic acid groups (broad SMARTS) is 1. The molecule has 1 fully saturated rings. The summed E-state index contributed by atoms with van der Waals surface area (Å²) < 4.78 is 21.3. The number of nitrogens with one attached hydrogen (secondary N) is 1. The van der Waals surface area contributed by atoms with Crippen molar-refractivity contribution in [2.24, 2.45) is 0 Å². The molecule has 0 aromatic rings. The lowest BCUT2D eigenvalue weighted by atomic mass is 9.98. The first-order valence-corrected chi connectivity index (χ1v) is 10.1. The molecule has 1 unspecified atom stereocenters. The topological polar surface area (TPSA) is 145 Å². The summed E-state index contributed by atoms with van der Waals surface area (Å²) >= 11 is -0.243. The molecule has 12 heteroatoms. The fourth-order valence-electron chi connectivity index (χ4n) is 2.67. The molecule has 2 aliphatic rings. The van der Waals surface area contributed by atoms with Gasteiger partial charge >= 0.3 is 11.9 Å². The monoisotopic (exact) mass is 406 g/mol. The fraction of sp³-hybridized carbons (Fsp3) is 0.571. The Balaban J connectivity index is 2.28. The molecular weight excluding hydrogens is 388 g/mol. The van der Waals surface area contributed by atoms with Crippen LogP contribution in [0, 0.1) is 0 Å². The average molecular weight is 406 g/mol. The smallest absolute Gasteiger partial charge is 0.352 e. The van der Waals surface area contributed by atoms with Crippen molar-refractivity contribution in [3.05, 3.63) is 11.3 Å². The quantitative estimate of drug-likeness (QED) is 0.226. The van der Waals surface area contributed by atoms with Gasteiger partial charge in [0.05, 0.1) is 6.26 Å². The molecule has 0 spiro atoms. The summed E-state index contributed by atoms with van der Waals surface area (Å²) in [5, 5.41) is 11.1. The number of hydrogen-bond donors (Lipinski definition) is 2. The number of β-lactam (4-membered cyclic amide) rings is 1. The van der Waals surface area contributed by atoms with Gasteiger partial charge in [0.1, 0.15) is 17.7 Å². The van der Waals surface area contributed by atoms with Gasteiger partial charge in [0.15, 0.2) is 5.75 Å². The van der Waals surface area contributed by atoms with Crippen LogP contribution in [0.4, 0.5) is 0 Å². The lowest BCUT2D eigenvalue weighted by Gasteiger charge is -2.55. The maximum Gasteiger partial charge on any atom is 0.352 e. The molecule has 3 atom stereocenters. The number of ether oxygens (including phenoxy) is 2. The normalized spacial score (nSPS) is 25.9. The summed E-state index contributed by atoms with van der Waals surface area (Å²) in [6.07, 6.45) is 1.34. The van der Waals surface area contributed by atoms with Gasteiger partial charge in [-0.25, -0.2) is 4.79 Å². The Bertz CT molecular complexity index is 680. The Kier molecular flexibility index (Phi) is 6.21. The van der Waals surface area contributed by atoms with E-state index in [1.54, 1.807) is 0 Å². The van der Waals surface area contributed by atoms with Crippen LogP contribution in [0.3, 0.4) is 0 Å². The van der Waals surface area contributed by atoms with Crippen LogP contribution >= 0.6 is 11.8 Å². The highest BCUT2D eigenvalue weighted by Gasteiger charge is 2.66. The van der Waals surface area contributed by atoms with Crippen molar-refractivity contribution in [1.82, 2.24) is 10.2 Å². The Labute approximate surface area is 156 Å². The van der Waals surface area contributed by atoms with Crippen molar-refractivity contribution in [3.63, 3.8) is 0 Å². The summed E-state index contributed by atoms with van der Waals surface area (Å²) in [4.78, 5) is 48.2. The zero-order valence-corrected chi connectivity index (χ0v) is 15.9. The summed E-state index contributed by atoms with van der Waals surface area (Å²) in [6.45, 7) is 0.944. The van der Waals surface area contributed by atoms with Gasteiger partial charge in [-0.15, -0.1) is 11.8 Å². The molecule has 26 heavy (non-hydrogen) atoms. The molecule has 2 rings (SSSR count). The molecule has 144 valence electrons. The number of thioether (sulfide) groups is 1. The van der Waals surface area contributed by atoms with Crippen molar-refractivity contribution in [2.75, 3.05) is 31.5 Å². The van der Waals surface area contributed by atoms with E-state index in [2.05, 4.69) is 5.32 Å². The van der Waals surface area contributed by atoms with E-state index in [0.29, 0.717) is 0 Å². The summed E-state index contributed by atoms with van der Waals surface area (Å²) in [5.41, 5.74) is -1.75. The minimum absolute atomic E-state index is 0.171. The summed E-state index contributed by atoms with van der Waals surface area (Å²) in [7, 11) is 1.22. The van der Waals surface area contributed by atoms with Gasteiger partial charge < -0.3 is 24.4 Å². The van der Waals surface area contributed by atoms with Crippen LogP contribution in [0.2, 0.25) is 0 Å². The van der Waals surface area contributed by atoms with E-state index in [-0.39, 0.29) is 29.4 Å². The third kappa shape index (κ3) is 3.68. The SMILES string of the molecule is CO[C@@]1(NC(=O)C[S+](C)[O-])C(=O)N2C(C(=O)O)=C(COC(C)=O)CS[C@H]21. The number of carboxylic acids is 1. The number of nitrogens with zero attached hydrogens (tertiary/aromatic N) is 1. The van der Waals surface area contributed by atoms with E-state index in [9.17, 15) is 28.8 Å². The van der Waals surface area contributed by atoms with Crippen LogP contribution < -0.4 is 5.32 Å². The number of carbonyl (C=O) groups excluding carboxylic acids is 3. The maximum absolute atomic E-state index is 12.7. The van der Waals surface area contributed by atoms with Gasteiger partial charge in [0.2, 0.25) is 0 Å². The molecule has 10 nitrogen and oxygen atoms in total. The predicted octanol–water partition coefficient (Wildman–Crippen LogP) is -1.36. The van der Waals surface area contributed by atoms with Crippen LogP contribution in [0.1, 0.15) is 6.92 Å². The molecular formula is C14H18N2O8S2. The standard InChI is InChI=1S/C14H18N2O8S2/c1-7(17)24-4-8-5-25-13-14(23-2,15-9(18)6-26(3)22)12(21)16(13)10(8)11(19)20/h13H,4-6H2,1-3H3,(H,15,18)(H,19,20)/t13-,14-,26?/m0/s1. The van der Waals surface area contributed by atoms with Gasteiger partial charge in [-0.2, -0.15) is 0 Å². The van der Waals surface area contributed by atoms with Crippen LogP contribution in [-0.4, -0.2) is 80.9 Å². The van der Waals surface area contributed by atoms with Crippen LogP contribution in [-0.2, 0) is 39.8 Å². The zero-order chi connectivity index (χ0) is 19.6. The Hall–Kier alpha value is -1.76. The number of carbonyl (C=O) groups is 4. The zero-order valence-electron chi connectivity index (χ0n) is 14.3. The van der Waals surface area contributed by atoms with Gasteiger partial charge in [0, 0.05) is 25.4 Å². The van der Waals surface area contributed by atoms with Crippen molar-refractivity contribution < 1.29 is 38.3 Å². The molecule has 1 saturated heterocycles. The minimum atomic E-state index is -1.73. The molecule has 0 aromatic carbocycles. The van der Waals surface area contributed by atoms with E-state index >= 15 is 0 Å². The molecule has 0 saturated carbocycles. The lowest BCUT2D eigenvalue weighted by molar-refractivity contribution is -0.192. The maximum atomic E-state index is 12.7. The number of aliphatic carboxylic acids is 1. The van der Waals surface area contributed by atoms with Crippen molar-refractivity contribution in [3.8, 4) is 0 Å². The van der Waals surface area contributed by atoms with E-state index in [1.165, 1.54) is 32.1 Å². The highest BCUT2D eigenvalue weighted by atomic mass is 32.2. The molecule has 0 aliphatic carbocycles. The first kappa shape index (κ1) is 20.6. The minimum Gasteiger partial charge on any atom is -0.616 e. The molecule has 0 radical (unpaired) electrons. The van der Waals surface area contributed by atoms with Crippen LogP contribution in [0.5, 0.6) is 0 Å². The number of rotatable bonds is 7. The lowest BCUT2D eigenvalue weighted by Crippen LogP contribution is -2.81. The molecule has 0 aromatic heterocycles. The third-order valence-corrected chi connectivity index (χ3v) is 5.79. The van der Waals surface area contributed by atoms with E-state index in [0.717, 1.165) is 4.90 Å². The fourth-order valence-corrected chi connectivity index (χ4v) is 4.53. The highest BCUT2D eigenvalue weighted by Crippen LogP contribution is 2.46. The first-order valence-electron chi connectivity index (χ1n) is 7.34. The number of amides is 2.